The molecule has 0 aliphatic carbocycles. The molecule has 7 heteroatoms. The lowest BCUT2D eigenvalue weighted by Crippen LogP contribution is -2.64. The SMILES string of the molecule is COCCCNC(=O)[C@]1(C)Cn2nc(-c3ccccc3)cc2C(=O)N1c1cc(C)ccc1C. The van der Waals surface area contributed by atoms with E-state index in [-0.39, 0.29) is 18.4 Å². The van der Waals surface area contributed by atoms with Crippen LogP contribution in [-0.4, -0.2) is 47.4 Å². The number of nitrogens with zero attached hydrogens (tertiary/aromatic N) is 3. The summed E-state index contributed by atoms with van der Waals surface area (Å²) in [5, 5.41) is 7.69. The van der Waals surface area contributed by atoms with Gasteiger partial charge in [-0.2, -0.15) is 5.10 Å². The van der Waals surface area contributed by atoms with E-state index in [0.717, 1.165) is 22.4 Å². The first-order valence-corrected chi connectivity index (χ1v) is 11.2. The van der Waals surface area contributed by atoms with Gasteiger partial charge in [-0.3, -0.25) is 19.2 Å². The third-order valence-corrected chi connectivity index (χ3v) is 6.13. The first-order valence-electron chi connectivity index (χ1n) is 11.2. The zero-order chi connectivity index (χ0) is 23.6. The number of amides is 2. The summed E-state index contributed by atoms with van der Waals surface area (Å²) >= 11 is 0. The van der Waals surface area contributed by atoms with Crippen molar-refractivity contribution in [2.75, 3.05) is 25.2 Å². The second-order valence-electron chi connectivity index (χ2n) is 8.75. The fourth-order valence-electron chi connectivity index (χ4n) is 4.28. The van der Waals surface area contributed by atoms with E-state index < -0.39 is 5.54 Å². The number of methoxy groups -OCH3 is 1. The normalized spacial score (nSPS) is 17.7. The summed E-state index contributed by atoms with van der Waals surface area (Å²) in [5.74, 6) is -0.450. The van der Waals surface area contributed by atoms with Gasteiger partial charge in [-0.05, 0) is 50.5 Å². The Hall–Kier alpha value is -3.45. The molecule has 2 heterocycles. The van der Waals surface area contributed by atoms with E-state index in [1.165, 1.54) is 0 Å². The maximum atomic E-state index is 13.9. The van der Waals surface area contributed by atoms with Crippen LogP contribution in [0.2, 0.25) is 0 Å². The summed E-state index contributed by atoms with van der Waals surface area (Å²) in [4.78, 5) is 29.0. The first kappa shape index (κ1) is 22.7. The van der Waals surface area contributed by atoms with Gasteiger partial charge in [0.25, 0.3) is 5.91 Å². The van der Waals surface area contributed by atoms with Crippen molar-refractivity contribution in [1.29, 1.82) is 0 Å². The number of carbonyl (C=O) groups excluding carboxylic acids is 2. The van der Waals surface area contributed by atoms with Crippen molar-refractivity contribution in [1.82, 2.24) is 15.1 Å². The molecule has 1 aliphatic heterocycles. The third kappa shape index (κ3) is 4.28. The standard InChI is InChI=1S/C26H30N4O3/c1-18-11-12-19(2)22(15-18)30-24(31)23-16-21(20-9-6-5-7-10-20)28-29(23)17-26(30,3)25(32)27-13-8-14-33-4/h5-7,9-12,15-16H,8,13-14,17H2,1-4H3,(H,27,32)/t26-/m0/s1. The Bertz CT molecular complexity index is 1170. The number of anilines is 1. The van der Waals surface area contributed by atoms with Crippen LogP contribution in [-0.2, 0) is 16.1 Å². The summed E-state index contributed by atoms with van der Waals surface area (Å²) in [6.07, 6.45) is 0.695. The largest absolute Gasteiger partial charge is 0.385 e. The minimum absolute atomic E-state index is 0.213. The predicted molar refractivity (Wildman–Crippen MR) is 128 cm³/mol. The van der Waals surface area contributed by atoms with Crippen molar-refractivity contribution >= 4 is 17.5 Å². The zero-order valence-corrected chi connectivity index (χ0v) is 19.6. The molecule has 2 aromatic carbocycles. The van der Waals surface area contributed by atoms with E-state index in [9.17, 15) is 9.59 Å². The highest BCUT2D eigenvalue weighted by molar-refractivity contribution is 6.12. The van der Waals surface area contributed by atoms with Crippen LogP contribution in [0.5, 0.6) is 0 Å². The molecule has 0 unspecified atom stereocenters. The van der Waals surface area contributed by atoms with Crippen molar-refractivity contribution in [2.24, 2.45) is 0 Å². The van der Waals surface area contributed by atoms with E-state index in [4.69, 9.17) is 9.84 Å². The second-order valence-corrected chi connectivity index (χ2v) is 8.75. The number of nitrogens with one attached hydrogen (secondary N) is 1. The summed E-state index contributed by atoms with van der Waals surface area (Å²) in [6.45, 7) is 7.03. The van der Waals surface area contributed by atoms with Crippen molar-refractivity contribution in [3.8, 4) is 11.3 Å². The van der Waals surface area contributed by atoms with Crippen LogP contribution in [0, 0.1) is 13.8 Å². The molecule has 1 aliphatic rings. The molecule has 1 N–H and O–H groups in total. The van der Waals surface area contributed by atoms with Crippen molar-refractivity contribution in [2.45, 2.75) is 39.3 Å². The fourth-order valence-corrected chi connectivity index (χ4v) is 4.28. The number of benzene rings is 2. The van der Waals surface area contributed by atoms with Crippen LogP contribution in [0.4, 0.5) is 5.69 Å². The molecule has 7 nitrogen and oxygen atoms in total. The van der Waals surface area contributed by atoms with Gasteiger partial charge in [0.2, 0.25) is 5.91 Å². The average Bonchev–Trinajstić information content (AvgIpc) is 3.23. The van der Waals surface area contributed by atoms with Crippen LogP contribution in [0.3, 0.4) is 0 Å². The van der Waals surface area contributed by atoms with Crippen LogP contribution >= 0.6 is 0 Å². The first-order chi connectivity index (χ1) is 15.8. The molecule has 4 rings (SSSR count). The number of ether oxygens (including phenoxy) is 1. The highest BCUT2D eigenvalue weighted by Gasteiger charge is 2.49. The Balaban J connectivity index is 1.78. The Morgan fingerprint density at radius 1 is 1.15 bits per heavy atom. The van der Waals surface area contributed by atoms with Crippen LogP contribution < -0.4 is 10.2 Å². The summed E-state index contributed by atoms with van der Waals surface area (Å²) in [5.41, 5.74) is 3.66. The number of fused-ring (bicyclic) bond motifs is 1. The molecule has 0 saturated carbocycles. The summed E-state index contributed by atoms with van der Waals surface area (Å²) in [7, 11) is 1.63. The van der Waals surface area contributed by atoms with Crippen LogP contribution in [0.15, 0.2) is 54.6 Å². The lowest BCUT2D eigenvalue weighted by molar-refractivity contribution is -0.126. The maximum Gasteiger partial charge on any atom is 0.277 e. The highest BCUT2D eigenvalue weighted by atomic mass is 16.5. The number of aryl methyl sites for hydroxylation is 2. The van der Waals surface area contributed by atoms with Crippen LogP contribution in [0.25, 0.3) is 11.3 Å². The lowest BCUT2D eigenvalue weighted by atomic mass is 9.92. The molecule has 2 amide bonds. The van der Waals surface area contributed by atoms with Gasteiger partial charge in [0.15, 0.2) is 0 Å². The zero-order valence-electron chi connectivity index (χ0n) is 19.6. The van der Waals surface area contributed by atoms with E-state index in [1.54, 1.807) is 16.7 Å². The number of aromatic nitrogens is 2. The molecular weight excluding hydrogens is 416 g/mol. The van der Waals surface area contributed by atoms with Gasteiger partial charge in [-0.1, -0.05) is 42.5 Å². The number of hydrogen-bond donors (Lipinski definition) is 1. The van der Waals surface area contributed by atoms with Gasteiger partial charge in [0.1, 0.15) is 11.2 Å². The molecular formula is C26H30N4O3. The van der Waals surface area contributed by atoms with Crippen molar-refractivity contribution in [3.63, 3.8) is 0 Å². The quantitative estimate of drug-likeness (QED) is 0.561. The average molecular weight is 447 g/mol. The highest BCUT2D eigenvalue weighted by Crippen LogP contribution is 2.36. The monoisotopic (exact) mass is 446 g/mol. The lowest BCUT2D eigenvalue weighted by Gasteiger charge is -2.43. The van der Waals surface area contributed by atoms with Gasteiger partial charge in [-0.15, -0.1) is 0 Å². The van der Waals surface area contributed by atoms with E-state index in [2.05, 4.69) is 5.32 Å². The Morgan fingerprint density at radius 3 is 2.64 bits per heavy atom. The molecule has 0 radical (unpaired) electrons. The molecule has 33 heavy (non-hydrogen) atoms. The third-order valence-electron chi connectivity index (χ3n) is 6.13. The molecule has 172 valence electrons. The molecule has 1 aromatic heterocycles. The van der Waals surface area contributed by atoms with E-state index >= 15 is 0 Å². The summed E-state index contributed by atoms with van der Waals surface area (Å²) < 4.78 is 6.76. The van der Waals surface area contributed by atoms with Gasteiger partial charge in [0.05, 0.1) is 12.2 Å². The van der Waals surface area contributed by atoms with Gasteiger partial charge in [-0.25, -0.2) is 0 Å². The molecule has 0 bridgehead atoms. The second kappa shape index (κ2) is 9.19. The number of rotatable bonds is 7. The Labute approximate surface area is 194 Å². The van der Waals surface area contributed by atoms with Crippen molar-refractivity contribution in [3.05, 3.63) is 71.4 Å². The van der Waals surface area contributed by atoms with Crippen molar-refractivity contribution < 1.29 is 14.3 Å². The molecule has 3 aromatic rings. The number of hydrogen-bond acceptors (Lipinski definition) is 4. The topological polar surface area (TPSA) is 76.5 Å². The molecule has 0 saturated heterocycles. The minimum Gasteiger partial charge on any atom is -0.385 e. The predicted octanol–water partition coefficient (Wildman–Crippen LogP) is 3.74. The maximum absolute atomic E-state index is 13.9. The Kier molecular flexibility index (Phi) is 6.33. The van der Waals surface area contributed by atoms with Gasteiger partial charge in [0, 0.05) is 31.5 Å². The molecule has 0 fully saturated rings. The van der Waals surface area contributed by atoms with Crippen LogP contribution in [0.1, 0.15) is 35.0 Å². The molecule has 1 atom stereocenters. The van der Waals surface area contributed by atoms with Gasteiger partial charge >= 0.3 is 0 Å². The molecule has 0 spiro atoms. The minimum atomic E-state index is -1.14. The number of carbonyl (C=O) groups is 2. The Morgan fingerprint density at radius 2 is 1.91 bits per heavy atom. The summed E-state index contributed by atoms with van der Waals surface area (Å²) in [6, 6.07) is 17.5. The fraction of sp³-hybridized carbons (Fsp3) is 0.346. The van der Waals surface area contributed by atoms with Gasteiger partial charge < -0.3 is 10.1 Å². The smallest absolute Gasteiger partial charge is 0.277 e. The van der Waals surface area contributed by atoms with E-state index in [0.29, 0.717) is 31.0 Å². The van der Waals surface area contributed by atoms with E-state index in [1.807, 2.05) is 75.4 Å².